The first-order valence-corrected chi connectivity index (χ1v) is 6.78. The summed E-state index contributed by atoms with van der Waals surface area (Å²) in [6.45, 7) is 7.02. The van der Waals surface area contributed by atoms with Crippen LogP contribution >= 0.6 is 0 Å². The van der Waals surface area contributed by atoms with Crippen molar-refractivity contribution in [2.24, 2.45) is 17.8 Å². The summed E-state index contributed by atoms with van der Waals surface area (Å²) >= 11 is 0. The van der Waals surface area contributed by atoms with Gasteiger partial charge in [-0.05, 0) is 45.4 Å². The number of carbonyl (C=O) groups excluding carboxylic acids is 1. The number of nitriles is 1. The largest absolute Gasteiger partial charge is 0.444 e. The second-order valence-electron chi connectivity index (χ2n) is 6.49. The van der Waals surface area contributed by atoms with E-state index in [1.54, 1.807) is 4.90 Å². The van der Waals surface area contributed by atoms with Gasteiger partial charge in [-0.2, -0.15) is 5.26 Å². The van der Waals surface area contributed by atoms with Gasteiger partial charge in [0.1, 0.15) is 5.60 Å². The van der Waals surface area contributed by atoms with Crippen LogP contribution in [0.15, 0.2) is 0 Å². The van der Waals surface area contributed by atoms with Crippen molar-refractivity contribution >= 4 is 6.09 Å². The number of amides is 1. The summed E-state index contributed by atoms with van der Waals surface area (Å²) in [5.41, 5.74) is -0.446. The summed E-state index contributed by atoms with van der Waals surface area (Å²) in [6, 6.07) is 2.43. The predicted molar refractivity (Wildman–Crippen MR) is 67.7 cm³/mol. The first kappa shape index (κ1) is 13.2. The Bertz CT molecular complexity index is 353. The number of ether oxygens (including phenoxy) is 1. The maximum absolute atomic E-state index is 12.1. The molecule has 1 heterocycles. The first-order valence-electron chi connectivity index (χ1n) is 6.78. The monoisotopic (exact) mass is 250 g/mol. The van der Waals surface area contributed by atoms with E-state index in [4.69, 9.17) is 4.74 Å². The topological polar surface area (TPSA) is 53.3 Å². The van der Waals surface area contributed by atoms with Gasteiger partial charge in [0.05, 0.1) is 12.0 Å². The molecule has 0 aromatic carbocycles. The van der Waals surface area contributed by atoms with Gasteiger partial charge in [-0.3, -0.25) is 0 Å². The summed E-state index contributed by atoms with van der Waals surface area (Å²) < 4.78 is 5.42. The van der Waals surface area contributed by atoms with Crippen molar-refractivity contribution in [3.63, 3.8) is 0 Å². The fourth-order valence-corrected chi connectivity index (χ4v) is 3.12. The zero-order valence-corrected chi connectivity index (χ0v) is 11.5. The second-order valence-corrected chi connectivity index (χ2v) is 6.49. The molecular weight excluding hydrogens is 228 g/mol. The highest BCUT2D eigenvalue weighted by molar-refractivity contribution is 5.68. The van der Waals surface area contributed by atoms with Crippen LogP contribution in [0, 0.1) is 29.1 Å². The molecule has 1 saturated heterocycles. The minimum Gasteiger partial charge on any atom is -0.444 e. The van der Waals surface area contributed by atoms with Crippen molar-refractivity contribution in [3.05, 3.63) is 0 Å². The van der Waals surface area contributed by atoms with Crippen LogP contribution in [0.5, 0.6) is 0 Å². The number of hydrogen-bond donors (Lipinski definition) is 0. The van der Waals surface area contributed by atoms with E-state index in [1.807, 2.05) is 20.8 Å². The summed E-state index contributed by atoms with van der Waals surface area (Å²) in [7, 11) is 0. The van der Waals surface area contributed by atoms with E-state index in [0.29, 0.717) is 24.9 Å². The van der Waals surface area contributed by atoms with Gasteiger partial charge < -0.3 is 9.64 Å². The van der Waals surface area contributed by atoms with E-state index < -0.39 is 5.60 Å². The van der Waals surface area contributed by atoms with Crippen molar-refractivity contribution in [1.29, 1.82) is 5.26 Å². The van der Waals surface area contributed by atoms with Gasteiger partial charge in [-0.1, -0.05) is 6.42 Å². The van der Waals surface area contributed by atoms with Crippen LogP contribution in [0.2, 0.25) is 0 Å². The summed E-state index contributed by atoms with van der Waals surface area (Å²) in [5.74, 6) is 0.822. The van der Waals surface area contributed by atoms with E-state index in [9.17, 15) is 10.1 Å². The second kappa shape index (κ2) is 4.79. The van der Waals surface area contributed by atoms with Crippen LogP contribution in [-0.4, -0.2) is 29.7 Å². The number of fused-ring (bicyclic) bond motifs is 2. The molecule has 2 rings (SSSR count). The minimum absolute atomic E-state index is 0.137. The quantitative estimate of drug-likeness (QED) is 0.664. The molecule has 4 heteroatoms. The van der Waals surface area contributed by atoms with Gasteiger partial charge in [-0.15, -0.1) is 0 Å². The molecule has 1 amide bonds. The molecule has 2 fully saturated rings. The molecule has 4 nitrogen and oxygen atoms in total. The smallest absolute Gasteiger partial charge is 0.410 e. The summed E-state index contributed by atoms with van der Waals surface area (Å²) in [6.07, 6.45) is 3.09. The molecule has 0 radical (unpaired) electrons. The average molecular weight is 250 g/mol. The number of rotatable bonds is 0. The molecule has 2 bridgehead atoms. The van der Waals surface area contributed by atoms with Crippen LogP contribution in [0.1, 0.15) is 40.0 Å². The maximum atomic E-state index is 12.1. The lowest BCUT2D eigenvalue weighted by atomic mass is 9.70. The maximum Gasteiger partial charge on any atom is 0.410 e. The van der Waals surface area contributed by atoms with Gasteiger partial charge in [0, 0.05) is 13.1 Å². The highest BCUT2D eigenvalue weighted by atomic mass is 16.6. The van der Waals surface area contributed by atoms with Crippen molar-refractivity contribution in [3.8, 4) is 6.07 Å². The zero-order chi connectivity index (χ0) is 13.3. The number of nitrogens with zero attached hydrogens (tertiary/aromatic N) is 2. The molecule has 0 aromatic heterocycles. The van der Waals surface area contributed by atoms with Crippen molar-refractivity contribution in [1.82, 2.24) is 4.90 Å². The Morgan fingerprint density at radius 3 is 2.28 bits per heavy atom. The fraction of sp³-hybridized carbons (Fsp3) is 0.857. The summed E-state index contributed by atoms with van der Waals surface area (Å²) in [4.78, 5) is 13.9. The van der Waals surface area contributed by atoms with E-state index >= 15 is 0 Å². The number of likely N-dealkylation sites (tertiary alicyclic amines) is 1. The highest BCUT2D eigenvalue weighted by Gasteiger charge is 2.41. The van der Waals surface area contributed by atoms with Gasteiger partial charge in [0.25, 0.3) is 0 Å². The Morgan fingerprint density at radius 1 is 1.28 bits per heavy atom. The van der Waals surface area contributed by atoms with E-state index in [-0.39, 0.29) is 12.0 Å². The van der Waals surface area contributed by atoms with Crippen LogP contribution < -0.4 is 0 Å². The molecule has 18 heavy (non-hydrogen) atoms. The molecule has 100 valence electrons. The zero-order valence-electron chi connectivity index (χ0n) is 11.5. The van der Waals surface area contributed by atoms with E-state index in [0.717, 1.165) is 12.8 Å². The van der Waals surface area contributed by atoms with Crippen LogP contribution in [-0.2, 0) is 4.74 Å². The SMILES string of the molecule is CC(C)(C)OC(=O)N1CC2CCCC(C1)C2C#N. The van der Waals surface area contributed by atoms with E-state index in [2.05, 4.69) is 6.07 Å². The molecule has 2 aliphatic rings. The summed E-state index contributed by atoms with van der Waals surface area (Å²) in [5, 5.41) is 9.22. The third kappa shape index (κ3) is 2.77. The Kier molecular flexibility index (Phi) is 3.52. The molecule has 1 aliphatic carbocycles. The molecule has 0 spiro atoms. The normalized spacial score (nSPS) is 31.7. The predicted octanol–water partition coefficient (Wildman–Crippen LogP) is 2.79. The van der Waals surface area contributed by atoms with Crippen LogP contribution in [0.4, 0.5) is 4.79 Å². The lowest BCUT2D eigenvalue weighted by molar-refractivity contribution is -0.00597. The lowest BCUT2D eigenvalue weighted by Crippen LogP contribution is -2.51. The number of carbonyl (C=O) groups is 1. The minimum atomic E-state index is -0.446. The van der Waals surface area contributed by atoms with Gasteiger partial charge in [-0.25, -0.2) is 4.79 Å². The Labute approximate surface area is 109 Å². The van der Waals surface area contributed by atoms with Crippen LogP contribution in [0.25, 0.3) is 0 Å². The average Bonchev–Trinajstić information content (AvgIpc) is 2.24. The van der Waals surface area contributed by atoms with Crippen molar-refractivity contribution in [2.45, 2.75) is 45.6 Å². The van der Waals surface area contributed by atoms with Gasteiger partial charge in [0.2, 0.25) is 0 Å². The molecule has 0 aromatic rings. The molecular formula is C14H22N2O2. The fourth-order valence-electron chi connectivity index (χ4n) is 3.12. The Hall–Kier alpha value is -1.24. The third-order valence-corrected chi connectivity index (χ3v) is 3.88. The number of hydrogen-bond acceptors (Lipinski definition) is 3. The third-order valence-electron chi connectivity index (χ3n) is 3.88. The Balaban J connectivity index is 2.02. The molecule has 2 atom stereocenters. The standard InChI is InChI=1S/C14H22N2O2/c1-14(2,3)18-13(17)16-8-10-5-4-6-11(9-16)12(10)7-15/h10-12H,4-6,8-9H2,1-3H3. The van der Waals surface area contributed by atoms with Gasteiger partial charge >= 0.3 is 6.09 Å². The van der Waals surface area contributed by atoms with Crippen LogP contribution in [0.3, 0.4) is 0 Å². The molecule has 1 saturated carbocycles. The highest BCUT2D eigenvalue weighted by Crippen LogP contribution is 2.39. The molecule has 1 aliphatic heterocycles. The molecule has 0 N–H and O–H groups in total. The van der Waals surface area contributed by atoms with Crippen molar-refractivity contribution in [2.75, 3.05) is 13.1 Å². The number of piperidine rings is 1. The lowest BCUT2D eigenvalue weighted by Gasteiger charge is -2.44. The Morgan fingerprint density at radius 2 is 1.83 bits per heavy atom. The molecule has 2 unspecified atom stereocenters. The van der Waals surface area contributed by atoms with Crippen molar-refractivity contribution < 1.29 is 9.53 Å². The van der Waals surface area contributed by atoms with E-state index in [1.165, 1.54) is 6.42 Å². The first-order chi connectivity index (χ1) is 8.40. The van der Waals surface area contributed by atoms with Gasteiger partial charge in [0.15, 0.2) is 0 Å².